The van der Waals surface area contributed by atoms with Crippen LogP contribution in [0.25, 0.3) is 0 Å². The molecule has 0 unspecified atom stereocenters. The van der Waals surface area contributed by atoms with Gasteiger partial charge in [-0.05, 0) is 31.2 Å². The molecule has 11 heteroatoms. The number of halogens is 1. The minimum Gasteiger partial charge on any atom is -0.365 e. The van der Waals surface area contributed by atoms with Crippen molar-refractivity contribution >= 4 is 49.6 Å². The molecule has 0 saturated carbocycles. The molecule has 1 aliphatic rings. The maximum absolute atomic E-state index is 12.7. The van der Waals surface area contributed by atoms with Crippen molar-refractivity contribution in [3.8, 4) is 0 Å². The number of rotatable bonds is 5. The predicted molar refractivity (Wildman–Crippen MR) is 102 cm³/mol. The largest absolute Gasteiger partial charge is 0.365 e. The van der Waals surface area contributed by atoms with E-state index in [1.165, 1.54) is 18.3 Å². The van der Waals surface area contributed by atoms with Crippen LogP contribution in [-0.4, -0.2) is 36.0 Å². The molecule has 3 rings (SSSR count). The molecule has 144 valence electrons. The summed E-state index contributed by atoms with van der Waals surface area (Å²) in [4.78, 5) is 33.1. The number of carbonyl (C=O) groups excluding carboxylic acids is 2. The summed E-state index contributed by atoms with van der Waals surface area (Å²) >= 11 is 7.28. The second kappa shape index (κ2) is 7.53. The first kappa shape index (κ1) is 19.7. The van der Waals surface area contributed by atoms with Gasteiger partial charge in [-0.15, -0.1) is 11.3 Å². The molecule has 1 aliphatic carbocycles. The number of hydrogen-bond donors (Lipinski definition) is 2. The molecule has 2 amide bonds. The number of primary amides is 1. The highest BCUT2D eigenvalue weighted by molar-refractivity contribution is 7.91. The minimum atomic E-state index is -3.70. The van der Waals surface area contributed by atoms with Crippen molar-refractivity contribution in [1.29, 1.82) is 0 Å². The lowest BCUT2D eigenvalue weighted by atomic mass is 9.95. The van der Waals surface area contributed by atoms with Crippen LogP contribution in [0.2, 0.25) is 5.02 Å². The topological polar surface area (TPSA) is 132 Å². The molecule has 2 aromatic heterocycles. The van der Waals surface area contributed by atoms with Gasteiger partial charge in [0.05, 0.1) is 22.5 Å². The monoisotopic (exact) mass is 428 g/mol. The number of anilines is 1. The number of carbonyl (C=O) groups is 2. The second-order valence-electron chi connectivity index (χ2n) is 5.99. The van der Waals surface area contributed by atoms with Crippen molar-refractivity contribution in [3.05, 3.63) is 32.9 Å². The van der Waals surface area contributed by atoms with E-state index in [1.807, 2.05) is 0 Å². The fourth-order valence-electron chi connectivity index (χ4n) is 2.87. The number of sulfone groups is 1. The van der Waals surface area contributed by atoms with Crippen molar-refractivity contribution in [3.63, 3.8) is 0 Å². The average Bonchev–Trinajstić information content (AvgIpc) is 2.99. The Morgan fingerprint density at radius 3 is 2.70 bits per heavy atom. The maximum atomic E-state index is 12.7. The number of aryl methyl sites for hydroxylation is 1. The first-order valence-electron chi connectivity index (χ1n) is 8.25. The van der Waals surface area contributed by atoms with Crippen LogP contribution in [-0.2, 0) is 22.7 Å². The quantitative estimate of drug-likeness (QED) is 0.701. The van der Waals surface area contributed by atoms with E-state index in [4.69, 9.17) is 17.3 Å². The lowest BCUT2D eigenvalue weighted by molar-refractivity contribution is 0.100. The number of fused-ring (bicyclic) bond motifs is 1. The van der Waals surface area contributed by atoms with Crippen LogP contribution in [0, 0.1) is 0 Å². The smallest absolute Gasteiger partial charge is 0.276 e. The molecule has 0 fully saturated rings. The molecule has 0 spiro atoms. The van der Waals surface area contributed by atoms with E-state index in [1.54, 1.807) is 0 Å². The zero-order valence-corrected chi connectivity index (χ0v) is 16.8. The maximum Gasteiger partial charge on any atom is 0.276 e. The van der Waals surface area contributed by atoms with Crippen molar-refractivity contribution in [2.45, 2.75) is 37.8 Å². The van der Waals surface area contributed by atoms with Crippen LogP contribution in [0.4, 0.5) is 5.00 Å². The van der Waals surface area contributed by atoms with E-state index in [2.05, 4.69) is 15.3 Å². The van der Waals surface area contributed by atoms with Gasteiger partial charge in [0.2, 0.25) is 15.0 Å². The van der Waals surface area contributed by atoms with Crippen molar-refractivity contribution in [2.24, 2.45) is 5.73 Å². The summed E-state index contributed by atoms with van der Waals surface area (Å²) in [6.45, 7) is 1.45. The molecule has 0 radical (unpaired) electrons. The summed E-state index contributed by atoms with van der Waals surface area (Å²) in [5.41, 5.74) is 6.41. The molecular formula is C16H17ClN4O4S2. The van der Waals surface area contributed by atoms with Gasteiger partial charge in [-0.1, -0.05) is 18.5 Å². The third-order valence-electron chi connectivity index (χ3n) is 4.24. The average molecular weight is 429 g/mol. The third kappa shape index (κ3) is 3.83. The summed E-state index contributed by atoms with van der Waals surface area (Å²) in [7, 11) is -3.70. The van der Waals surface area contributed by atoms with Gasteiger partial charge in [0.1, 0.15) is 5.00 Å². The van der Waals surface area contributed by atoms with Gasteiger partial charge in [-0.25, -0.2) is 18.4 Å². The van der Waals surface area contributed by atoms with E-state index in [-0.39, 0.29) is 16.5 Å². The van der Waals surface area contributed by atoms with E-state index < -0.39 is 26.8 Å². The van der Waals surface area contributed by atoms with Crippen molar-refractivity contribution < 1.29 is 18.0 Å². The standard InChI is InChI=1S/C16H17ClN4O4S2/c1-2-27(24,25)16-19-7-9(17)12(20-16)14(23)21-15-11(13(18)22)8-5-3-4-6-10(8)26-15/h7H,2-6H2,1H3,(H2,18,22)(H,21,23). The number of hydrogen-bond acceptors (Lipinski definition) is 7. The van der Waals surface area contributed by atoms with Crippen LogP contribution in [0.1, 0.15) is 51.1 Å². The number of nitrogens with one attached hydrogen (secondary N) is 1. The number of nitrogens with zero attached hydrogens (tertiary/aromatic N) is 2. The van der Waals surface area contributed by atoms with Crippen LogP contribution >= 0.6 is 22.9 Å². The van der Waals surface area contributed by atoms with Crippen LogP contribution in [0.15, 0.2) is 11.4 Å². The van der Waals surface area contributed by atoms with E-state index in [0.717, 1.165) is 42.3 Å². The van der Waals surface area contributed by atoms with E-state index >= 15 is 0 Å². The number of nitrogens with two attached hydrogens (primary N) is 1. The number of aromatic nitrogens is 2. The normalized spacial score (nSPS) is 13.9. The van der Waals surface area contributed by atoms with Crippen molar-refractivity contribution in [1.82, 2.24) is 9.97 Å². The van der Waals surface area contributed by atoms with E-state index in [9.17, 15) is 18.0 Å². The molecule has 0 atom stereocenters. The van der Waals surface area contributed by atoms with Gasteiger partial charge in [-0.2, -0.15) is 0 Å². The molecular weight excluding hydrogens is 412 g/mol. The molecule has 2 heterocycles. The number of amides is 2. The minimum absolute atomic E-state index is 0.0931. The molecule has 0 aromatic carbocycles. The lowest BCUT2D eigenvalue weighted by Gasteiger charge is -2.11. The molecule has 3 N–H and O–H groups in total. The fraction of sp³-hybridized carbons (Fsp3) is 0.375. The Kier molecular flexibility index (Phi) is 5.50. The Bertz CT molecular complexity index is 1030. The van der Waals surface area contributed by atoms with Crippen LogP contribution < -0.4 is 11.1 Å². The molecule has 0 bridgehead atoms. The summed E-state index contributed by atoms with van der Waals surface area (Å²) < 4.78 is 23.9. The van der Waals surface area contributed by atoms with Gasteiger partial charge >= 0.3 is 0 Å². The van der Waals surface area contributed by atoms with E-state index in [0.29, 0.717) is 10.6 Å². The second-order valence-corrected chi connectivity index (χ2v) is 9.67. The highest BCUT2D eigenvalue weighted by Gasteiger charge is 2.27. The van der Waals surface area contributed by atoms with Crippen LogP contribution in [0.3, 0.4) is 0 Å². The zero-order chi connectivity index (χ0) is 19.8. The van der Waals surface area contributed by atoms with Gasteiger partial charge in [0.15, 0.2) is 5.69 Å². The number of thiophene rings is 1. The summed E-state index contributed by atoms with van der Waals surface area (Å²) in [6, 6.07) is 0. The summed E-state index contributed by atoms with van der Waals surface area (Å²) in [5, 5.41) is 2.37. The highest BCUT2D eigenvalue weighted by Crippen LogP contribution is 2.38. The highest BCUT2D eigenvalue weighted by atomic mass is 35.5. The Labute approximate surface area is 165 Å². The fourth-order valence-corrected chi connectivity index (χ4v) is 5.03. The van der Waals surface area contributed by atoms with Gasteiger partial charge in [-0.3, -0.25) is 9.59 Å². The van der Waals surface area contributed by atoms with Gasteiger partial charge in [0.25, 0.3) is 11.8 Å². The van der Waals surface area contributed by atoms with Gasteiger partial charge < -0.3 is 11.1 Å². The molecule has 8 nitrogen and oxygen atoms in total. The Balaban J connectivity index is 1.98. The first-order valence-corrected chi connectivity index (χ1v) is 11.1. The Hall–Kier alpha value is -2.04. The lowest BCUT2D eigenvalue weighted by Crippen LogP contribution is -2.20. The van der Waals surface area contributed by atoms with Gasteiger partial charge in [0, 0.05) is 4.88 Å². The molecule has 0 aliphatic heterocycles. The third-order valence-corrected chi connectivity index (χ3v) is 7.24. The zero-order valence-electron chi connectivity index (χ0n) is 14.4. The predicted octanol–water partition coefficient (Wildman–Crippen LogP) is 2.22. The molecule has 27 heavy (non-hydrogen) atoms. The van der Waals surface area contributed by atoms with Crippen molar-refractivity contribution in [2.75, 3.05) is 11.1 Å². The molecule has 2 aromatic rings. The molecule has 0 saturated heterocycles. The summed E-state index contributed by atoms with van der Waals surface area (Å²) in [5.74, 6) is -1.55. The first-order chi connectivity index (χ1) is 12.7. The Morgan fingerprint density at radius 1 is 1.33 bits per heavy atom. The Morgan fingerprint density at radius 2 is 2.04 bits per heavy atom. The SMILES string of the molecule is CCS(=O)(=O)c1ncc(Cl)c(C(=O)Nc2sc3c(c2C(N)=O)CCCC3)n1. The summed E-state index contributed by atoms with van der Waals surface area (Å²) in [6.07, 6.45) is 4.58. The van der Waals surface area contributed by atoms with Crippen LogP contribution in [0.5, 0.6) is 0 Å².